The molecule has 1 rings (SSSR count). The van der Waals surface area contributed by atoms with E-state index in [1.54, 1.807) is 7.05 Å². The summed E-state index contributed by atoms with van der Waals surface area (Å²) >= 11 is 0. The molecule has 0 fully saturated rings. The Kier molecular flexibility index (Phi) is 10.1. The van der Waals surface area contributed by atoms with Gasteiger partial charge in [0.15, 0.2) is 5.96 Å². The van der Waals surface area contributed by atoms with Gasteiger partial charge in [-0.15, -0.1) is 0 Å². The second-order valence-corrected chi connectivity index (χ2v) is 6.68. The van der Waals surface area contributed by atoms with Crippen LogP contribution in [-0.4, -0.2) is 51.8 Å². The van der Waals surface area contributed by atoms with Gasteiger partial charge in [-0.25, -0.2) is 0 Å². The number of guanidine groups is 1. The number of benzene rings is 1. The molecule has 0 aliphatic carbocycles. The van der Waals surface area contributed by atoms with E-state index in [1.807, 2.05) is 0 Å². The van der Waals surface area contributed by atoms with Crippen LogP contribution in [0.25, 0.3) is 0 Å². The first-order valence-corrected chi connectivity index (χ1v) is 8.76. The maximum Gasteiger partial charge on any atom is 0.191 e. The summed E-state index contributed by atoms with van der Waals surface area (Å²) in [5.41, 5.74) is 2.64. The highest BCUT2D eigenvalue weighted by molar-refractivity contribution is 5.79. The Bertz CT molecular complexity index is 486. The molecule has 1 aromatic carbocycles. The highest BCUT2D eigenvalue weighted by Gasteiger charge is 2.04. The molecule has 0 atom stereocenters. The van der Waals surface area contributed by atoms with Gasteiger partial charge in [-0.2, -0.15) is 0 Å². The zero-order valence-electron chi connectivity index (χ0n) is 15.9. The van der Waals surface area contributed by atoms with Crippen LogP contribution in [0, 0.1) is 5.92 Å². The molecule has 1 aromatic rings. The quantitative estimate of drug-likeness (QED) is 0.392. The van der Waals surface area contributed by atoms with Crippen LogP contribution in [0.5, 0.6) is 0 Å². The van der Waals surface area contributed by atoms with Crippen molar-refractivity contribution >= 4 is 5.96 Å². The van der Waals surface area contributed by atoms with Crippen molar-refractivity contribution in [1.29, 1.82) is 0 Å². The molecule has 24 heavy (non-hydrogen) atoms. The van der Waals surface area contributed by atoms with Crippen LogP contribution in [0.3, 0.4) is 0 Å². The lowest BCUT2D eigenvalue weighted by Crippen LogP contribution is -2.37. The molecule has 0 spiro atoms. The average Bonchev–Trinajstić information content (AvgIpc) is 2.54. The third kappa shape index (κ3) is 8.89. The zero-order valence-corrected chi connectivity index (χ0v) is 15.9. The first-order chi connectivity index (χ1) is 11.5. The van der Waals surface area contributed by atoms with Gasteiger partial charge in [0.25, 0.3) is 0 Å². The first kappa shape index (κ1) is 20.5. The molecule has 0 saturated heterocycles. The van der Waals surface area contributed by atoms with Crippen molar-refractivity contribution in [1.82, 2.24) is 15.5 Å². The Hall–Kier alpha value is -1.59. The summed E-state index contributed by atoms with van der Waals surface area (Å²) < 4.78 is 5.59. The second-order valence-electron chi connectivity index (χ2n) is 6.68. The molecule has 2 N–H and O–H groups in total. The highest BCUT2D eigenvalue weighted by atomic mass is 16.5. The van der Waals surface area contributed by atoms with Crippen LogP contribution in [-0.2, 0) is 17.8 Å². The van der Waals surface area contributed by atoms with E-state index < -0.39 is 0 Å². The van der Waals surface area contributed by atoms with Crippen molar-refractivity contribution in [3.63, 3.8) is 0 Å². The van der Waals surface area contributed by atoms with E-state index >= 15 is 0 Å². The minimum atomic E-state index is 0.592. The molecule has 0 amide bonds. The van der Waals surface area contributed by atoms with E-state index in [0.29, 0.717) is 5.92 Å². The lowest BCUT2D eigenvalue weighted by atomic mass is 10.1. The van der Waals surface area contributed by atoms with E-state index in [4.69, 9.17) is 4.74 Å². The van der Waals surface area contributed by atoms with Crippen molar-refractivity contribution in [3.8, 4) is 0 Å². The average molecular weight is 335 g/mol. The van der Waals surface area contributed by atoms with E-state index in [9.17, 15) is 0 Å². The summed E-state index contributed by atoms with van der Waals surface area (Å²) in [5, 5.41) is 6.72. The fourth-order valence-electron chi connectivity index (χ4n) is 2.32. The van der Waals surface area contributed by atoms with Gasteiger partial charge in [0.1, 0.15) is 0 Å². The molecule has 0 saturated carbocycles. The molecule has 5 nitrogen and oxygen atoms in total. The number of nitrogens with zero attached hydrogens (tertiary/aromatic N) is 2. The molecule has 0 aromatic heterocycles. The van der Waals surface area contributed by atoms with Gasteiger partial charge in [0, 0.05) is 39.9 Å². The summed E-state index contributed by atoms with van der Waals surface area (Å²) in [7, 11) is 5.98. The highest BCUT2D eigenvalue weighted by Crippen LogP contribution is 2.10. The van der Waals surface area contributed by atoms with Crippen LogP contribution >= 0.6 is 0 Å². The summed E-state index contributed by atoms with van der Waals surface area (Å²) in [4.78, 5) is 6.47. The minimum Gasteiger partial charge on any atom is -0.381 e. The van der Waals surface area contributed by atoms with Gasteiger partial charge in [0.05, 0.1) is 0 Å². The van der Waals surface area contributed by atoms with Crippen molar-refractivity contribution < 1.29 is 4.74 Å². The molecule has 0 unspecified atom stereocenters. The number of rotatable bonds is 10. The van der Waals surface area contributed by atoms with E-state index in [2.05, 4.69) is 72.7 Å². The molecular formula is C19H34N4O. The normalized spacial score (nSPS) is 12.0. The zero-order chi connectivity index (χ0) is 17.8. The van der Waals surface area contributed by atoms with Crippen LogP contribution < -0.4 is 10.6 Å². The molecular weight excluding hydrogens is 300 g/mol. The van der Waals surface area contributed by atoms with Crippen LogP contribution in [0.2, 0.25) is 0 Å². The standard InChI is InChI=1S/C19H34N4O/c1-16(2)15-24-12-8-11-21-19(20-3)22-13-17-9-6-7-10-18(17)14-23(4)5/h6-7,9-10,16H,8,11-15H2,1-5H3,(H2,20,21,22). The second kappa shape index (κ2) is 11.9. The van der Waals surface area contributed by atoms with Gasteiger partial charge in [-0.05, 0) is 37.6 Å². The van der Waals surface area contributed by atoms with Crippen LogP contribution in [0.4, 0.5) is 0 Å². The van der Waals surface area contributed by atoms with Crippen LogP contribution in [0.1, 0.15) is 31.4 Å². The van der Waals surface area contributed by atoms with E-state index in [0.717, 1.165) is 45.2 Å². The molecule has 0 radical (unpaired) electrons. The van der Waals surface area contributed by atoms with Gasteiger partial charge < -0.3 is 20.3 Å². The largest absolute Gasteiger partial charge is 0.381 e. The predicted molar refractivity (Wildman–Crippen MR) is 102 cm³/mol. The Morgan fingerprint density at radius 2 is 1.88 bits per heavy atom. The van der Waals surface area contributed by atoms with Crippen molar-refractivity contribution in [3.05, 3.63) is 35.4 Å². The van der Waals surface area contributed by atoms with E-state index in [1.165, 1.54) is 11.1 Å². The monoisotopic (exact) mass is 334 g/mol. The smallest absolute Gasteiger partial charge is 0.191 e. The number of hydrogen-bond donors (Lipinski definition) is 2. The summed E-state index contributed by atoms with van der Waals surface area (Å²) in [5.74, 6) is 1.42. The third-order valence-corrected chi connectivity index (χ3v) is 3.48. The SMILES string of the molecule is CN=C(NCCCOCC(C)C)NCc1ccccc1CN(C)C. The number of hydrogen-bond acceptors (Lipinski definition) is 3. The Labute approximate surface area is 147 Å². The van der Waals surface area contributed by atoms with Crippen LogP contribution in [0.15, 0.2) is 29.3 Å². The fraction of sp³-hybridized carbons (Fsp3) is 0.632. The molecule has 0 aliphatic rings. The molecule has 5 heteroatoms. The summed E-state index contributed by atoms with van der Waals surface area (Å²) in [6.45, 7) is 8.52. The third-order valence-electron chi connectivity index (χ3n) is 3.48. The lowest BCUT2D eigenvalue weighted by molar-refractivity contribution is 0.108. The summed E-state index contributed by atoms with van der Waals surface area (Å²) in [6.07, 6.45) is 0.977. The lowest BCUT2D eigenvalue weighted by Gasteiger charge is -2.16. The maximum absolute atomic E-state index is 5.59. The number of ether oxygens (including phenoxy) is 1. The van der Waals surface area contributed by atoms with Crippen molar-refractivity contribution in [2.24, 2.45) is 10.9 Å². The predicted octanol–water partition coefficient (Wildman–Crippen LogP) is 2.48. The molecule has 136 valence electrons. The first-order valence-electron chi connectivity index (χ1n) is 8.76. The molecule has 0 heterocycles. The van der Waals surface area contributed by atoms with Gasteiger partial charge >= 0.3 is 0 Å². The van der Waals surface area contributed by atoms with E-state index in [-0.39, 0.29) is 0 Å². The fourth-order valence-corrected chi connectivity index (χ4v) is 2.32. The van der Waals surface area contributed by atoms with Crippen molar-refractivity contribution in [2.45, 2.75) is 33.4 Å². The Morgan fingerprint density at radius 3 is 2.50 bits per heavy atom. The molecule has 0 aliphatic heterocycles. The van der Waals surface area contributed by atoms with Crippen molar-refractivity contribution in [2.75, 3.05) is 40.9 Å². The van der Waals surface area contributed by atoms with Gasteiger partial charge in [-0.3, -0.25) is 4.99 Å². The molecule has 0 bridgehead atoms. The Morgan fingerprint density at radius 1 is 1.17 bits per heavy atom. The summed E-state index contributed by atoms with van der Waals surface area (Å²) in [6, 6.07) is 8.52. The Balaban J connectivity index is 2.34. The maximum atomic E-state index is 5.59. The van der Waals surface area contributed by atoms with Gasteiger partial charge in [-0.1, -0.05) is 38.1 Å². The van der Waals surface area contributed by atoms with Gasteiger partial charge in [0.2, 0.25) is 0 Å². The topological polar surface area (TPSA) is 48.9 Å². The minimum absolute atomic E-state index is 0.592. The number of nitrogens with one attached hydrogen (secondary N) is 2. The number of aliphatic imine (C=N–C) groups is 1.